The lowest BCUT2D eigenvalue weighted by Gasteiger charge is -2.12. The Bertz CT molecular complexity index is 1630. The molecular weight excluding hydrogens is 597 g/mol. The summed E-state index contributed by atoms with van der Waals surface area (Å²) in [5.74, 6) is 1.19. The molecule has 1 aliphatic heterocycles. The Morgan fingerprint density at radius 1 is 1.32 bits per heavy atom. The van der Waals surface area contributed by atoms with Gasteiger partial charge in [0.25, 0.3) is 5.91 Å². The fraction of sp³-hybridized carbons (Fsp3) is 0.208. The Morgan fingerprint density at radius 2 is 2.20 bits per heavy atom. The minimum absolute atomic E-state index is 0.000785. The second-order valence-electron chi connectivity index (χ2n) is 8.19. The van der Waals surface area contributed by atoms with E-state index >= 15 is 0 Å². The molecule has 1 aliphatic rings. The number of aliphatic imine (C=N–C) groups is 1. The molecule has 3 N–H and O–H groups in total. The van der Waals surface area contributed by atoms with Gasteiger partial charge < -0.3 is 15.2 Å². The molecule has 1 amide bonds. The fourth-order valence-electron chi connectivity index (χ4n) is 3.54. The van der Waals surface area contributed by atoms with Crippen LogP contribution in [0.4, 0.5) is 10.2 Å². The Balaban J connectivity index is 1.27. The second kappa shape index (κ2) is 13.0. The lowest BCUT2D eigenvalue weighted by Crippen LogP contribution is -2.20. The first kappa shape index (κ1) is 28.4. The van der Waals surface area contributed by atoms with Crippen LogP contribution in [-0.4, -0.2) is 61.2 Å². The highest BCUT2D eigenvalue weighted by molar-refractivity contribution is 8.38. The van der Waals surface area contributed by atoms with E-state index in [4.69, 9.17) is 26.8 Å². The maximum absolute atomic E-state index is 13.3. The highest BCUT2D eigenvalue weighted by Crippen LogP contribution is 2.30. The number of benzene rings is 2. The molecule has 0 fully saturated rings. The van der Waals surface area contributed by atoms with Crippen LogP contribution in [0.5, 0.6) is 11.5 Å². The molecule has 0 spiro atoms. The molecule has 0 saturated carbocycles. The number of aromatic nitrogens is 5. The first-order valence-corrected chi connectivity index (χ1v) is 14.2. The molecule has 2 aromatic heterocycles. The van der Waals surface area contributed by atoms with Crippen molar-refractivity contribution in [2.45, 2.75) is 12.4 Å². The van der Waals surface area contributed by atoms with Gasteiger partial charge >= 0.3 is 0 Å². The van der Waals surface area contributed by atoms with Crippen molar-refractivity contribution in [3.8, 4) is 17.3 Å². The Kier molecular flexibility index (Phi) is 9.01. The van der Waals surface area contributed by atoms with E-state index in [-0.39, 0.29) is 29.0 Å². The average Bonchev–Trinajstić information content (AvgIpc) is 3.73. The van der Waals surface area contributed by atoms with Crippen molar-refractivity contribution in [3.63, 3.8) is 0 Å². The monoisotopic (exact) mass is 617 g/mol. The standard InChI is InChI=1S/C24H21ClFN9O4S2/c1-37-19-8-13(2-5-18(19)38-11-14-3-4-15(26)9-16(14)25)10-29-31-23(36)20-17(12-41-24-28-6-7-40-24)35(34-30-20)22-21(27)32-39-33-22/h2-5,8-10H,6-7,11-12H2,1H3,(H2,27,32)(H,31,36). The minimum atomic E-state index is -0.595. The summed E-state index contributed by atoms with van der Waals surface area (Å²) in [4.78, 5) is 17.4. The van der Waals surface area contributed by atoms with Crippen molar-refractivity contribution in [1.82, 2.24) is 30.7 Å². The van der Waals surface area contributed by atoms with Gasteiger partial charge in [-0.1, -0.05) is 46.4 Å². The molecule has 41 heavy (non-hydrogen) atoms. The van der Waals surface area contributed by atoms with Gasteiger partial charge in [-0.15, -0.1) is 5.10 Å². The number of rotatable bonds is 10. The van der Waals surface area contributed by atoms with Crippen LogP contribution in [0.1, 0.15) is 27.3 Å². The minimum Gasteiger partial charge on any atom is -0.493 e. The molecule has 212 valence electrons. The average molecular weight is 618 g/mol. The molecule has 4 aromatic rings. The Labute approximate surface area is 245 Å². The number of nitrogens with two attached hydrogens (primary N) is 1. The summed E-state index contributed by atoms with van der Waals surface area (Å²) in [6.07, 6.45) is 1.43. The number of halogens is 2. The van der Waals surface area contributed by atoms with E-state index in [2.05, 4.69) is 40.8 Å². The summed E-state index contributed by atoms with van der Waals surface area (Å²) in [5, 5.41) is 19.7. The maximum atomic E-state index is 13.3. The Morgan fingerprint density at radius 3 is 2.93 bits per heavy atom. The number of amides is 1. The molecule has 0 aliphatic carbocycles. The number of carbonyl (C=O) groups excluding carboxylic acids is 1. The number of hydrazone groups is 1. The molecule has 0 radical (unpaired) electrons. The fourth-order valence-corrected chi connectivity index (χ4v) is 5.77. The van der Waals surface area contributed by atoms with Gasteiger partial charge in [0.1, 0.15) is 16.8 Å². The van der Waals surface area contributed by atoms with Crippen molar-refractivity contribution in [1.29, 1.82) is 0 Å². The lowest BCUT2D eigenvalue weighted by molar-refractivity contribution is 0.0949. The van der Waals surface area contributed by atoms with Crippen molar-refractivity contribution in [3.05, 3.63) is 69.8 Å². The van der Waals surface area contributed by atoms with E-state index in [1.165, 1.54) is 41.9 Å². The highest BCUT2D eigenvalue weighted by atomic mass is 35.5. The molecule has 13 nitrogen and oxygen atoms in total. The zero-order valence-corrected chi connectivity index (χ0v) is 23.7. The van der Waals surface area contributed by atoms with Crippen molar-refractivity contribution in [2.24, 2.45) is 10.1 Å². The molecule has 0 unspecified atom stereocenters. The Hall–Kier alpha value is -4.15. The third-order valence-electron chi connectivity index (χ3n) is 5.53. The van der Waals surface area contributed by atoms with Crippen LogP contribution in [-0.2, 0) is 12.4 Å². The molecule has 3 heterocycles. The third-order valence-corrected chi connectivity index (χ3v) is 8.15. The summed E-state index contributed by atoms with van der Waals surface area (Å²) in [5.41, 5.74) is 9.98. The predicted octanol–water partition coefficient (Wildman–Crippen LogP) is 3.71. The van der Waals surface area contributed by atoms with Crippen LogP contribution < -0.4 is 20.6 Å². The predicted molar refractivity (Wildman–Crippen MR) is 153 cm³/mol. The van der Waals surface area contributed by atoms with Gasteiger partial charge in [-0.3, -0.25) is 9.79 Å². The number of hydrogen-bond acceptors (Lipinski definition) is 13. The van der Waals surface area contributed by atoms with E-state index in [0.29, 0.717) is 34.1 Å². The second-order valence-corrected chi connectivity index (χ2v) is 10.9. The number of nitrogens with zero attached hydrogens (tertiary/aromatic N) is 7. The number of anilines is 1. The number of carbonyl (C=O) groups is 1. The van der Waals surface area contributed by atoms with E-state index in [1.807, 2.05) is 0 Å². The molecule has 0 bridgehead atoms. The van der Waals surface area contributed by atoms with Crippen LogP contribution >= 0.6 is 35.1 Å². The van der Waals surface area contributed by atoms with Gasteiger partial charge in [-0.25, -0.2) is 14.4 Å². The summed E-state index contributed by atoms with van der Waals surface area (Å²) >= 11 is 9.15. The van der Waals surface area contributed by atoms with Gasteiger partial charge in [0, 0.05) is 17.1 Å². The molecule has 5 rings (SSSR count). The van der Waals surface area contributed by atoms with E-state index in [9.17, 15) is 9.18 Å². The summed E-state index contributed by atoms with van der Waals surface area (Å²) < 4.78 is 31.4. The highest BCUT2D eigenvalue weighted by Gasteiger charge is 2.25. The van der Waals surface area contributed by atoms with Crippen LogP contribution in [0.2, 0.25) is 5.02 Å². The quantitative estimate of drug-likeness (QED) is 0.196. The first-order valence-electron chi connectivity index (χ1n) is 11.8. The lowest BCUT2D eigenvalue weighted by atomic mass is 10.2. The van der Waals surface area contributed by atoms with E-state index in [0.717, 1.165) is 16.7 Å². The van der Waals surface area contributed by atoms with Crippen molar-refractivity contribution >= 4 is 57.4 Å². The topological polar surface area (TPSA) is 168 Å². The zero-order valence-electron chi connectivity index (χ0n) is 21.3. The summed E-state index contributed by atoms with van der Waals surface area (Å²) in [7, 11) is 1.49. The number of thioether (sulfide) groups is 2. The number of methoxy groups -OCH3 is 1. The number of ether oxygens (including phenoxy) is 2. The molecule has 17 heteroatoms. The zero-order chi connectivity index (χ0) is 28.8. The van der Waals surface area contributed by atoms with Gasteiger partial charge in [0.05, 0.1) is 30.6 Å². The molecule has 2 aromatic carbocycles. The van der Waals surface area contributed by atoms with Gasteiger partial charge in [0.2, 0.25) is 11.6 Å². The molecule has 0 saturated heterocycles. The summed E-state index contributed by atoms with van der Waals surface area (Å²) in [6, 6.07) is 9.16. The normalized spacial score (nSPS) is 13.0. The summed E-state index contributed by atoms with van der Waals surface area (Å²) in [6.45, 7) is 0.857. The third kappa shape index (κ3) is 6.78. The largest absolute Gasteiger partial charge is 0.493 e. The van der Waals surface area contributed by atoms with Gasteiger partial charge in [0.15, 0.2) is 17.2 Å². The van der Waals surface area contributed by atoms with Crippen LogP contribution in [0.25, 0.3) is 5.82 Å². The van der Waals surface area contributed by atoms with Gasteiger partial charge in [-0.05, 0) is 46.2 Å². The SMILES string of the molecule is COc1cc(C=NNC(=O)c2nnn(-c3nonc3N)c2CSC2=NCCS2)ccc1OCc1ccc(F)cc1Cl. The molecule has 0 atom stereocenters. The van der Waals surface area contributed by atoms with Crippen LogP contribution in [0.3, 0.4) is 0 Å². The number of nitrogens with one attached hydrogen (secondary N) is 1. The van der Waals surface area contributed by atoms with Crippen LogP contribution in [0.15, 0.2) is 51.1 Å². The first-order chi connectivity index (χ1) is 19.9. The van der Waals surface area contributed by atoms with Crippen LogP contribution in [0, 0.1) is 5.82 Å². The van der Waals surface area contributed by atoms with E-state index < -0.39 is 11.7 Å². The number of nitrogen functional groups attached to an aromatic ring is 1. The van der Waals surface area contributed by atoms with Crippen molar-refractivity contribution in [2.75, 3.05) is 25.1 Å². The molecular formula is C24H21ClFN9O4S2. The van der Waals surface area contributed by atoms with Gasteiger partial charge in [-0.2, -0.15) is 9.78 Å². The van der Waals surface area contributed by atoms with E-state index in [1.54, 1.807) is 36.0 Å². The number of hydrogen-bond donors (Lipinski definition) is 2. The smallest absolute Gasteiger partial charge is 0.293 e. The van der Waals surface area contributed by atoms with Crippen molar-refractivity contribution < 1.29 is 23.3 Å². The maximum Gasteiger partial charge on any atom is 0.293 e.